The lowest BCUT2D eigenvalue weighted by Gasteiger charge is -2.32. The number of carboxylic acid groups (broad SMARTS) is 1. The van der Waals surface area contributed by atoms with Crippen molar-refractivity contribution in [3.63, 3.8) is 0 Å². The summed E-state index contributed by atoms with van der Waals surface area (Å²) in [5.74, 6) is -1.10. The van der Waals surface area contributed by atoms with Crippen molar-refractivity contribution in [1.82, 2.24) is 0 Å². The van der Waals surface area contributed by atoms with Crippen molar-refractivity contribution in [1.29, 1.82) is 0 Å². The number of carboxylic acids is 1. The van der Waals surface area contributed by atoms with Crippen LogP contribution in [0.3, 0.4) is 0 Å². The lowest BCUT2D eigenvalue weighted by molar-refractivity contribution is -0.148. The highest BCUT2D eigenvalue weighted by Gasteiger charge is 2.50. The van der Waals surface area contributed by atoms with Crippen molar-refractivity contribution in [2.45, 2.75) is 59.1 Å². The first-order valence-corrected chi connectivity index (χ1v) is 8.34. The summed E-state index contributed by atoms with van der Waals surface area (Å²) in [6.45, 7) is 10.9. The van der Waals surface area contributed by atoms with E-state index in [1.54, 1.807) is 26.0 Å². The van der Waals surface area contributed by atoms with Gasteiger partial charge in [0, 0.05) is 12.4 Å². The SMILES string of the molecule is CC(C)(COc1ccc(CB2OC(C)(C)C(C)(C)O2)c(F)c1)C(=O)O. The van der Waals surface area contributed by atoms with Crippen LogP contribution in [0.15, 0.2) is 18.2 Å². The number of benzene rings is 1. The van der Waals surface area contributed by atoms with Crippen molar-refractivity contribution in [2.24, 2.45) is 5.41 Å². The molecule has 0 unspecified atom stereocenters. The van der Waals surface area contributed by atoms with E-state index in [2.05, 4.69) is 0 Å². The highest BCUT2D eigenvalue weighted by Crippen LogP contribution is 2.37. The van der Waals surface area contributed by atoms with Crippen LogP contribution in [0, 0.1) is 11.2 Å². The van der Waals surface area contributed by atoms with Gasteiger partial charge in [0.15, 0.2) is 0 Å². The third-order valence-corrected chi connectivity index (χ3v) is 4.89. The van der Waals surface area contributed by atoms with Gasteiger partial charge in [0.1, 0.15) is 18.2 Å². The Balaban J connectivity index is 2.02. The normalized spacial score (nSPS) is 19.1. The maximum atomic E-state index is 14.4. The summed E-state index contributed by atoms with van der Waals surface area (Å²) >= 11 is 0. The van der Waals surface area contributed by atoms with Gasteiger partial charge in [-0.25, -0.2) is 4.39 Å². The van der Waals surface area contributed by atoms with Gasteiger partial charge in [-0.15, -0.1) is 0 Å². The zero-order chi connectivity index (χ0) is 19.0. The summed E-state index contributed by atoms with van der Waals surface area (Å²) in [6.07, 6.45) is 0.291. The molecule has 0 spiro atoms. The summed E-state index contributed by atoms with van der Waals surface area (Å²) < 4.78 is 31.6. The van der Waals surface area contributed by atoms with Crippen LogP contribution in [0.25, 0.3) is 0 Å². The number of ether oxygens (including phenoxy) is 1. The van der Waals surface area contributed by atoms with E-state index in [-0.39, 0.29) is 6.61 Å². The Morgan fingerprint density at radius 2 is 1.80 bits per heavy atom. The quantitative estimate of drug-likeness (QED) is 0.794. The molecule has 0 aliphatic carbocycles. The van der Waals surface area contributed by atoms with E-state index < -0.39 is 35.5 Å². The number of rotatable bonds is 6. The third-order valence-electron chi connectivity index (χ3n) is 4.89. The van der Waals surface area contributed by atoms with Crippen LogP contribution in [0.5, 0.6) is 5.75 Å². The fourth-order valence-corrected chi connectivity index (χ4v) is 2.34. The Kier molecular flexibility index (Phi) is 5.22. The second-order valence-electron chi connectivity index (χ2n) is 8.12. The molecule has 2 rings (SSSR count). The molecule has 0 radical (unpaired) electrons. The fourth-order valence-electron chi connectivity index (χ4n) is 2.34. The smallest absolute Gasteiger partial charge is 0.462 e. The van der Waals surface area contributed by atoms with E-state index in [0.29, 0.717) is 17.6 Å². The maximum Gasteiger partial charge on any atom is 0.462 e. The molecule has 0 amide bonds. The summed E-state index contributed by atoms with van der Waals surface area (Å²) in [6, 6.07) is 4.50. The molecule has 1 aromatic rings. The van der Waals surface area contributed by atoms with Crippen molar-refractivity contribution in [3.8, 4) is 5.75 Å². The molecule has 0 bridgehead atoms. The van der Waals surface area contributed by atoms with Gasteiger partial charge >= 0.3 is 13.1 Å². The van der Waals surface area contributed by atoms with E-state index in [1.807, 2.05) is 27.7 Å². The average molecular weight is 352 g/mol. The van der Waals surface area contributed by atoms with Gasteiger partial charge in [-0.05, 0) is 53.2 Å². The van der Waals surface area contributed by atoms with Crippen LogP contribution in [-0.4, -0.2) is 36.0 Å². The van der Waals surface area contributed by atoms with Gasteiger partial charge in [0.2, 0.25) is 0 Å². The molecule has 5 nitrogen and oxygen atoms in total. The van der Waals surface area contributed by atoms with Crippen molar-refractivity contribution < 1.29 is 28.3 Å². The van der Waals surface area contributed by atoms with Crippen molar-refractivity contribution >= 4 is 13.1 Å². The van der Waals surface area contributed by atoms with Crippen molar-refractivity contribution in [2.75, 3.05) is 6.61 Å². The zero-order valence-electron chi connectivity index (χ0n) is 15.7. The number of hydrogen-bond acceptors (Lipinski definition) is 4. The average Bonchev–Trinajstić information content (AvgIpc) is 2.66. The Morgan fingerprint density at radius 1 is 1.24 bits per heavy atom. The molecular formula is C18H26BFO5. The Hall–Kier alpha value is -1.60. The molecule has 1 aliphatic rings. The minimum absolute atomic E-state index is 0.0433. The third kappa shape index (κ3) is 4.33. The molecule has 0 saturated carbocycles. The van der Waals surface area contributed by atoms with Crippen LogP contribution in [-0.2, 0) is 20.4 Å². The lowest BCUT2D eigenvalue weighted by atomic mass is 9.80. The summed E-state index contributed by atoms with van der Waals surface area (Å²) in [5.41, 5.74) is -1.50. The highest BCUT2D eigenvalue weighted by atomic mass is 19.1. The van der Waals surface area contributed by atoms with Crippen LogP contribution in [0.2, 0.25) is 0 Å². The van der Waals surface area contributed by atoms with Gasteiger partial charge in [-0.2, -0.15) is 0 Å². The number of carbonyl (C=O) groups is 1. The lowest BCUT2D eigenvalue weighted by Crippen LogP contribution is -2.41. The second-order valence-corrected chi connectivity index (χ2v) is 8.12. The predicted molar refractivity (Wildman–Crippen MR) is 93.1 cm³/mol. The molecule has 1 saturated heterocycles. The van der Waals surface area contributed by atoms with Crippen LogP contribution in [0.1, 0.15) is 47.1 Å². The highest BCUT2D eigenvalue weighted by molar-refractivity contribution is 6.45. The molecule has 1 fully saturated rings. The fraction of sp³-hybridized carbons (Fsp3) is 0.611. The first-order valence-electron chi connectivity index (χ1n) is 8.34. The summed E-state index contributed by atoms with van der Waals surface area (Å²) in [7, 11) is -0.516. The minimum atomic E-state index is -1.04. The van der Waals surface area contributed by atoms with E-state index in [0.717, 1.165) is 0 Å². The van der Waals surface area contributed by atoms with E-state index >= 15 is 0 Å². The monoisotopic (exact) mass is 352 g/mol. The van der Waals surface area contributed by atoms with Gasteiger partial charge in [-0.3, -0.25) is 4.79 Å². The molecule has 1 aliphatic heterocycles. The van der Waals surface area contributed by atoms with E-state index in [1.165, 1.54) is 6.07 Å². The molecular weight excluding hydrogens is 326 g/mol. The van der Waals surface area contributed by atoms with E-state index in [4.69, 9.17) is 19.2 Å². The molecule has 1 aromatic carbocycles. The van der Waals surface area contributed by atoms with Gasteiger partial charge in [0.05, 0.1) is 16.6 Å². The summed E-state index contributed by atoms with van der Waals surface area (Å²) in [5, 5.41) is 9.08. The maximum absolute atomic E-state index is 14.4. The summed E-state index contributed by atoms with van der Waals surface area (Å²) in [4.78, 5) is 11.1. The first kappa shape index (κ1) is 19.7. The number of hydrogen-bond donors (Lipinski definition) is 1. The van der Waals surface area contributed by atoms with E-state index in [9.17, 15) is 9.18 Å². The zero-order valence-corrected chi connectivity index (χ0v) is 15.7. The van der Waals surface area contributed by atoms with Gasteiger partial charge < -0.3 is 19.2 Å². The molecule has 138 valence electrons. The van der Waals surface area contributed by atoms with Crippen molar-refractivity contribution in [3.05, 3.63) is 29.6 Å². The van der Waals surface area contributed by atoms with Gasteiger partial charge in [-0.1, -0.05) is 6.07 Å². The van der Waals surface area contributed by atoms with Crippen LogP contribution < -0.4 is 4.74 Å². The largest absolute Gasteiger partial charge is 0.492 e. The molecule has 0 aromatic heterocycles. The predicted octanol–water partition coefficient (Wildman–Crippen LogP) is 3.49. The molecule has 1 heterocycles. The Morgan fingerprint density at radius 3 is 2.28 bits per heavy atom. The molecule has 1 N–H and O–H groups in total. The molecule has 0 atom stereocenters. The molecule has 7 heteroatoms. The minimum Gasteiger partial charge on any atom is -0.492 e. The van der Waals surface area contributed by atoms with Gasteiger partial charge in [0.25, 0.3) is 0 Å². The standard InChI is InChI=1S/C18H26BFO5/c1-16(2,15(21)22)11-23-13-8-7-12(14(20)9-13)10-19-24-17(3,4)18(5,6)25-19/h7-9H,10-11H2,1-6H3,(H,21,22). The van der Waals surface area contributed by atoms with Crippen LogP contribution >= 0.6 is 0 Å². The first-order chi connectivity index (χ1) is 11.3. The number of aliphatic carboxylic acids is 1. The number of halogens is 1. The second kappa shape index (κ2) is 6.61. The topological polar surface area (TPSA) is 65.0 Å². The molecule has 25 heavy (non-hydrogen) atoms. The Bertz CT molecular complexity index is 641. The Labute approximate surface area is 148 Å². The van der Waals surface area contributed by atoms with Crippen LogP contribution in [0.4, 0.5) is 4.39 Å².